The number of nitrogens with zero attached hydrogens (tertiary/aromatic N) is 3. The second-order valence-corrected chi connectivity index (χ2v) is 8.53. The number of hydrogen-bond donors (Lipinski definition) is 0. The summed E-state index contributed by atoms with van der Waals surface area (Å²) in [6.45, 7) is 0. The molecular weight excluding hydrogens is 286 g/mol. The van der Waals surface area contributed by atoms with E-state index in [0.717, 1.165) is 36.3 Å². The smallest absolute Gasteiger partial charge is 0.160 e. The number of imidazole rings is 1. The van der Waals surface area contributed by atoms with E-state index in [1.807, 2.05) is 12.1 Å². The highest BCUT2D eigenvalue weighted by atomic mass is 32.2. The monoisotopic (exact) mass is 305 g/mol. The van der Waals surface area contributed by atoms with Gasteiger partial charge in [-0.1, -0.05) is 0 Å². The van der Waals surface area contributed by atoms with E-state index in [-0.39, 0.29) is 5.92 Å². The molecule has 4 rings (SSSR count). The Morgan fingerprint density at radius 1 is 1.29 bits per heavy atom. The zero-order valence-electron chi connectivity index (χ0n) is 11.9. The van der Waals surface area contributed by atoms with E-state index in [2.05, 4.69) is 9.55 Å². The van der Waals surface area contributed by atoms with E-state index in [4.69, 9.17) is 4.98 Å². The summed E-state index contributed by atoms with van der Waals surface area (Å²) < 4.78 is 25.9. The lowest BCUT2D eigenvalue weighted by Crippen LogP contribution is -2.27. The summed E-state index contributed by atoms with van der Waals surface area (Å²) in [4.78, 5) is 9.19. The Morgan fingerprint density at radius 2 is 2.14 bits per heavy atom. The van der Waals surface area contributed by atoms with Crippen LogP contribution in [0.2, 0.25) is 0 Å². The second-order valence-electron chi connectivity index (χ2n) is 6.30. The largest absolute Gasteiger partial charge is 0.310 e. The first kappa shape index (κ1) is 13.2. The van der Waals surface area contributed by atoms with Gasteiger partial charge in [-0.3, -0.25) is 0 Å². The van der Waals surface area contributed by atoms with E-state index in [9.17, 15) is 8.42 Å². The Hall–Kier alpha value is -1.43. The molecule has 2 aromatic heterocycles. The summed E-state index contributed by atoms with van der Waals surface area (Å²) in [6.07, 6.45) is 6.69. The molecule has 5 nitrogen and oxygen atoms in total. The molecule has 6 heteroatoms. The summed E-state index contributed by atoms with van der Waals surface area (Å²) in [7, 11) is -2.85. The van der Waals surface area contributed by atoms with Crippen molar-refractivity contribution in [3.8, 4) is 0 Å². The van der Waals surface area contributed by atoms with Crippen LogP contribution in [0.5, 0.6) is 0 Å². The minimum atomic E-state index is -2.85. The highest BCUT2D eigenvalue weighted by Gasteiger charge is 2.31. The molecule has 0 radical (unpaired) electrons. The average Bonchev–Trinajstić information content (AvgIpc) is 3.19. The van der Waals surface area contributed by atoms with Crippen molar-refractivity contribution in [3.05, 3.63) is 24.2 Å². The van der Waals surface area contributed by atoms with Crippen LogP contribution in [0.3, 0.4) is 0 Å². The van der Waals surface area contributed by atoms with Gasteiger partial charge in [0.15, 0.2) is 15.5 Å². The van der Waals surface area contributed by atoms with E-state index in [1.165, 1.54) is 12.8 Å². The lowest BCUT2D eigenvalue weighted by Gasteiger charge is -2.21. The number of aromatic nitrogens is 3. The van der Waals surface area contributed by atoms with Crippen LogP contribution >= 0.6 is 0 Å². The van der Waals surface area contributed by atoms with Gasteiger partial charge in [0.25, 0.3) is 0 Å². The lowest BCUT2D eigenvalue weighted by atomic mass is 10.0. The molecule has 0 amide bonds. The molecule has 0 N–H and O–H groups in total. The van der Waals surface area contributed by atoms with Crippen LogP contribution < -0.4 is 0 Å². The van der Waals surface area contributed by atoms with Crippen molar-refractivity contribution in [2.75, 3.05) is 11.5 Å². The first-order valence-electron chi connectivity index (χ1n) is 7.65. The van der Waals surface area contributed by atoms with E-state index >= 15 is 0 Å². The van der Waals surface area contributed by atoms with Crippen LogP contribution in [-0.4, -0.2) is 34.5 Å². The van der Waals surface area contributed by atoms with Crippen molar-refractivity contribution in [3.63, 3.8) is 0 Å². The zero-order valence-corrected chi connectivity index (χ0v) is 12.7. The van der Waals surface area contributed by atoms with Gasteiger partial charge in [-0.15, -0.1) is 0 Å². The van der Waals surface area contributed by atoms with Crippen LogP contribution in [0.4, 0.5) is 0 Å². The fourth-order valence-corrected chi connectivity index (χ4v) is 5.15. The van der Waals surface area contributed by atoms with Gasteiger partial charge in [0.05, 0.1) is 11.5 Å². The quantitative estimate of drug-likeness (QED) is 0.871. The summed E-state index contributed by atoms with van der Waals surface area (Å²) in [5.41, 5.74) is 1.88. The molecule has 1 unspecified atom stereocenters. The predicted molar refractivity (Wildman–Crippen MR) is 80.9 cm³/mol. The zero-order chi connectivity index (χ0) is 14.4. The van der Waals surface area contributed by atoms with Gasteiger partial charge in [0, 0.05) is 18.7 Å². The van der Waals surface area contributed by atoms with Crippen LogP contribution in [0.25, 0.3) is 11.2 Å². The molecule has 0 bridgehead atoms. The van der Waals surface area contributed by atoms with Crippen molar-refractivity contribution >= 4 is 21.0 Å². The third kappa shape index (κ3) is 2.57. The highest BCUT2D eigenvalue weighted by molar-refractivity contribution is 7.91. The summed E-state index contributed by atoms with van der Waals surface area (Å²) >= 11 is 0. The molecule has 2 fully saturated rings. The maximum atomic E-state index is 11.8. The molecule has 1 aliphatic carbocycles. The Labute approximate surface area is 124 Å². The average molecular weight is 305 g/mol. The van der Waals surface area contributed by atoms with Crippen LogP contribution in [0.15, 0.2) is 18.3 Å². The molecule has 21 heavy (non-hydrogen) atoms. The lowest BCUT2D eigenvalue weighted by molar-refractivity contribution is 0.467. The number of fused-ring (bicyclic) bond motifs is 1. The maximum Gasteiger partial charge on any atom is 0.160 e. The minimum absolute atomic E-state index is 0.207. The Morgan fingerprint density at radius 3 is 2.90 bits per heavy atom. The van der Waals surface area contributed by atoms with Crippen molar-refractivity contribution in [2.24, 2.45) is 5.92 Å². The van der Waals surface area contributed by atoms with Crippen molar-refractivity contribution in [1.82, 2.24) is 14.5 Å². The second kappa shape index (κ2) is 4.80. The van der Waals surface area contributed by atoms with Crippen LogP contribution in [-0.2, 0) is 16.3 Å². The third-order valence-electron chi connectivity index (χ3n) is 4.46. The summed E-state index contributed by atoms with van der Waals surface area (Å²) in [5, 5.41) is 0. The van der Waals surface area contributed by atoms with E-state index in [0.29, 0.717) is 17.5 Å². The first-order valence-corrected chi connectivity index (χ1v) is 9.47. The number of pyridine rings is 1. The van der Waals surface area contributed by atoms with Crippen LogP contribution in [0.1, 0.15) is 37.5 Å². The van der Waals surface area contributed by atoms with E-state index in [1.54, 1.807) is 6.20 Å². The van der Waals surface area contributed by atoms with Gasteiger partial charge in [-0.25, -0.2) is 18.4 Å². The van der Waals surface area contributed by atoms with Gasteiger partial charge >= 0.3 is 0 Å². The third-order valence-corrected chi connectivity index (χ3v) is 6.35. The maximum absolute atomic E-state index is 11.8. The van der Waals surface area contributed by atoms with Gasteiger partial charge in [-0.2, -0.15) is 0 Å². The Kier molecular flexibility index (Phi) is 3.03. The molecule has 3 heterocycles. The number of hydrogen-bond acceptors (Lipinski definition) is 4. The SMILES string of the molecule is O=S1(=O)CCCC(Cc2nc3cccnc3n2C2CC2)C1. The van der Waals surface area contributed by atoms with E-state index < -0.39 is 9.84 Å². The summed E-state index contributed by atoms with van der Waals surface area (Å²) in [6, 6.07) is 4.41. The van der Waals surface area contributed by atoms with Crippen LogP contribution in [0, 0.1) is 5.92 Å². The number of rotatable bonds is 3. The number of sulfone groups is 1. The molecule has 2 aliphatic rings. The Bertz CT molecular complexity index is 777. The molecule has 0 spiro atoms. The fraction of sp³-hybridized carbons (Fsp3) is 0.600. The Balaban J connectivity index is 1.68. The standard InChI is InChI=1S/C15H19N3O2S/c19-21(20)8-2-3-11(10-21)9-14-17-13-4-1-7-16-15(13)18(14)12-5-6-12/h1,4,7,11-12H,2-3,5-6,8-10H2. The highest BCUT2D eigenvalue weighted by Crippen LogP contribution is 2.39. The summed E-state index contributed by atoms with van der Waals surface area (Å²) in [5.74, 6) is 1.89. The van der Waals surface area contributed by atoms with Crippen molar-refractivity contribution in [2.45, 2.75) is 38.1 Å². The molecule has 2 aromatic rings. The molecule has 1 saturated carbocycles. The first-order chi connectivity index (χ1) is 10.1. The molecule has 1 atom stereocenters. The van der Waals surface area contributed by atoms with Gasteiger partial charge < -0.3 is 4.57 Å². The van der Waals surface area contributed by atoms with Crippen molar-refractivity contribution in [1.29, 1.82) is 0 Å². The van der Waals surface area contributed by atoms with Crippen molar-refractivity contribution < 1.29 is 8.42 Å². The molecule has 0 aromatic carbocycles. The molecular formula is C15H19N3O2S. The minimum Gasteiger partial charge on any atom is -0.310 e. The van der Waals surface area contributed by atoms with Gasteiger partial charge in [0.1, 0.15) is 11.3 Å². The normalized spacial score (nSPS) is 25.2. The van der Waals surface area contributed by atoms with Gasteiger partial charge in [0.2, 0.25) is 0 Å². The molecule has 112 valence electrons. The topological polar surface area (TPSA) is 64.8 Å². The molecule has 1 saturated heterocycles. The molecule has 1 aliphatic heterocycles. The van der Waals surface area contributed by atoms with Gasteiger partial charge in [-0.05, 0) is 43.7 Å². The fourth-order valence-electron chi connectivity index (χ4n) is 3.37. The predicted octanol–water partition coefficient (Wildman–Crippen LogP) is 2.13.